The molecule has 0 aromatic rings. The van der Waals surface area contributed by atoms with Crippen molar-refractivity contribution >= 4 is 35.5 Å². The topological polar surface area (TPSA) is 177 Å². The lowest BCUT2D eigenvalue weighted by Gasteiger charge is -2.39. The average Bonchev–Trinajstić information content (AvgIpc) is 3.43. The quantitative estimate of drug-likeness (QED) is 0.186. The van der Waals surface area contributed by atoms with E-state index in [4.69, 9.17) is 10.5 Å². The van der Waals surface area contributed by atoms with Crippen LogP contribution in [-0.2, 0) is 28.7 Å². The molecular formula is C34H57N5O7. The molecule has 2 saturated carbocycles. The largest absolute Gasteiger partial charge is 0.458 e. The molecule has 2 aliphatic carbocycles. The summed E-state index contributed by atoms with van der Waals surface area (Å²) in [5.41, 5.74) is 3.30. The normalized spacial score (nSPS) is 23.3. The number of Topliss-reactive ketones (excluding diaryl/α,β-unsaturated/α-hetero) is 1. The van der Waals surface area contributed by atoms with Crippen molar-refractivity contribution in [1.82, 2.24) is 20.9 Å². The smallest absolute Gasteiger partial charge is 0.329 e. The van der Waals surface area contributed by atoms with E-state index in [1.54, 1.807) is 20.8 Å². The van der Waals surface area contributed by atoms with Crippen molar-refractivity contribution in [2.24, 2.45) is 34.3 Å². The molecule has 0 spiro atoms. The number of nitrogens with two attached hydrogens (primary N) is 1. The van der Waals surface area contributed by atoms with Gasteiger partial charge in [0.1, 0.15) is 23.7 Å². The van der Waals surface area contributed by atoms with Gasteiger partial charge in [0.2, 0.25) is 17.6 Å². The minimum absolute atomic E-state index is 0.0421. The lowest BCUT2D eigenvalue weighted by Crippen LogP contribution is -2.63. The van der Waals surface area contributed by atoms with Gasteiger partial charge in [-0.3, -0.25) is 19.2 Å². The van der Waals surface area contributed by atoms with E-state index in [1.807, 2.05) is 41.5 Å². The predicted octanol–water partition coefficient (Wildman–Crippen LogP) is 3.20. The highest BCUT2D eigenvalue weighted by Gasteiger charge is 2.50. The van der Waals surface area contributed by atoms with Gasteiger partial charge in [-0.15, -0.1) is 0 Å². The number of amides is 5. The van der Waals surface area contributed by atoms with Crippen LogP contribution in [0.3, 0.4) is 0 Å². The minimum Gasteiger partial charge on any atom is -0.458 e. The van der Waals surface area contributed by atoms with Crippen LogP contribution in [0.1, 0.15) is 114 Å². The van der Waals surface area contributed by atoms with Crippen molar-refractivity contribution < 1.29 is 33.5 Å². The third-order valence-corrected chi connectivity index (χ3v) is 9.74. The third kappa shape index (κ3) is 9.44. The second-order valence-corrected chi connectivity index (χ2v) is 16.4. The third-order valence-electron chi connectivity index (χ3n) is 9.74. The Balaban J connectivity index is 1.89. The van der Waals surface area contributed by atoms with Gasteiger partial charge in [-0.25, -0.2) is 9.59 Å². The van der Waals surface area contributed by atoms with Crippen LogP contribution in [0.4, 0.5) is 4.79 Å². The van der Waals surface area contributed by atoms with Crippen LogP contribution < -0.4 is 21.7 Å². The van der Waals surface area contributed by atoms with Crippen molar-refractivity contribution in [2.75, 3.05) is 6.54 Å². The number of nitrogens with one attached hydrogen (secondary N) is 3. The zero-order valence-corrected chi connectivity index (χ0v) is 29.3. The number of rotatable bonds is 12. The number of ketones is 1. The maximum absolute atomic E-state index is 14.5. The second-order valence-electron chi connectivity index (χ2n) is 16.4. The van der Waals surface area contributed by atoms with Crippen LogP contribution in [0.15, 0.2) is 0 Å². The first-order valence-electron chi connectivity index (χ1n) is 16.9. The lowest BCUT2D eigenvalue weighted by atomic mass is 9.79. The SMILES string of the molecule is CC(C)[C@H]1CCN(C(=O)[C@@H](NC(=O)N[C@H](C(=O)OC(C)(C)C)C(C)(C)C)C2(C)CCCC2)[C@@H]1C(=O)NC(CC1CC1)C(=O)C(N)=O. The molecule has 1 unspecified atom stereocenters. The first kappa shape index (κ1) is 37.3. The number of urea groups is 1. The number of hydrogen-bond donors (Lipinski definition) is 4. The molecule has 3 aliphatic rings. The summed E-state index contributed by atoms with van der Waals surface area (Å²) in [6, 6.07) is -4.56. The number of carbonyl (C=O) groups is 6. The van der Waals surface area contributed by atoms with Crippen molar-refractivity contribution in [3.63, 3.8) is 0 Å². The summed E-state index contributed by atoms with van der Waals surface area (Å²) >= 11 is 0. The second kappa shape index (κ2) is 14.3. The van der Waals surface area contributed by atoms with Crippen LogP contribution in [0, 0.1) is 28.6 Å². The molecule has 0 bridgehead atoms. The molecular weight excluding hydrogens is 590 g/mol. The van der Waals surface area contributed by atoms with Crippen LogP contribution in [0.25, 0.3) is 0 Å². The molecule has 5 N–H and O–H groups in total. The Morgan fingerprint density at radius 1 is 0.913 bits per heavy atom. The van der Waals surface area contributed by atoms with Crippen molar-refractivity contribution in [1.29, 1.82) is 0 Å². The Morgan fingerprint density at radius 2 is 1.50 bits per heavy atom. The van der Waals surface area contributed by atoms with Crippen LogP contribution in [0.5, 0.6) is 0 Å². The van der Waals surface area contributed by atoms with Crippen molar-refractivity contribution in [3.8, 4) is 0 Å². The van der Waals surface area contributed by atoms with E-state index in [0.717, 1.165) is 25.7 Å². The molecule has 46 heavy (non-hydrogen) atoms. The highest BCUT2D eigenvalue weighted by molar-refractivity contribution is 6.37. The van der Waals surface area contributed by atoms with Gasteiger partial charge >= 0.3 is 12.0 Å². The molecule has 0 aromatic carbocycles. The molecule has 12 nitrogen and oxygen atoms in total. The molecule has 260 valence electrons. The van der Waals surface area contributed by atoms with E-state index in [0.29, 0.717) is 32.2 Å². The standard InChI is InChI=1S/C34H57N5O7/c1-19(2)21-14-17-39(23(21)28(42)36-22(18-20-12-13-20)24(40)27(35)41)29(43)25(34(9)15-10-11-16-34)37-31(45)38-26(32(3,4)5)30(44)46-33(6,7)8/h19-23,25-26H,10-18H2,1-9H3,(H2,35,41)(H,36,42)(H2,37,38,45)/t21-,22?,23+,25-,26-/m1/s1. The van der Waals surface area contributed by atoms with Gasteiger partial charge in [0.25, 0.3) is 5.91 Å². The van der Waals surface area contributed by atoms with E-state index < -0.39 is 70.2 Å². The average molecular weight is 648 g/mol. The van der Waals surface area contributed by atoms with E-state index >= 15 is 0 Å². The molecule has 5 amide bonds. The van der Waals surface area contributed by atoms with Gasteiger partial charge in [0.05, 0.1) is 6.04 Å². The molecule has 0 radical (unpaired) electrons. The number of nitrogens with zero attached hydrogens (tertiary/aromatic N) is 1. The molecule has 12 heteroatoms. The van der Waals surface area contributed by atoms with Crippen LogP contribution in [0.2, 0.25) is 0 Å². The summed E-state index contributed by atoms with van der Waals surface area (Å²) in [5.74, 6) is -3.32. The number of esters is 1. The summed E-state index contributed by atoms with van der Waals surface area (Å²) < 4.78 is 5.59. The van der Waals surface area contributed by atoms with Gasteiger partial charge < -0.3 is 31.3 Å². The summed E-state index contributed by atoms with van der Waals surface area (Å²) in [6.45, 7) is 17.0. The maximum Gasteiger partial charge on any atom is 0.329 e. The van der Waals surface area contributed by atoms with Gasteiger partial charge in [-0.05, 0) is 75.0 Å². The highest BCUT2D eigenvalue weighted by Crippen LogP contribution is 2.43. The summed E-state index contributed by atoms with van der Waals surface area (Å²) in [6.07, 6.45) is 5.92. The number of ether oxygens (including phenoxy) is 1. The molecule has 5 atom stereocenters. The fourth-order valence-electron chi connectivity index (χ4n) is 6.91. The molecule has 0 aromatic heterocycles. The van der Waals surface area contributed by atoms with Crippen molar-refractivity contribution in [2.45, 2.75) is 143 Å². The summed E-state index contributed by atoms with van der Waals surface area (Å²) in [7, 11) is 0. The molecule has 1 heterocycles. The monoisotopic (exact) mass is 647 g/mol. The lowest BCUT2D eigenvalue weighted by molar-refractivity contribution is -0.160. The number of likely N-dealkylation sites (tertiary alicyclic amines) is 1. The van der Waals surface area contributed by atoms with E-state index in [1.165, 1.54) is 4.90 Å². The van der Waals surface area contributed by atoms with Gasteiger partial charge in [0.15, 0.2) is 0 Å². The maximum atomic E-state index is 14.5. The molecule has 1 aliphatic heterocycles. The van der Waals surface area contributed by atoms with E-state index in [9.17, 15) is 28.8 Å². The Bertz CT molecular complexity index is 1180. The number of hydrogen-bond acceptors (Lipinski definition) is 7. The van der Waals surface area contributed by atoms with Gasteiger partial charge in [-0.2, -0.15) is 0 Å². The number of primary amides is 1. The zero-order valence-electron chi connectivity index (χ0n) is 29.3. The molecule has 3 fully saturated rings. The molecule has 3 rings (SSSR count). The fourth-order valence-corrected chi connectivity index (χ4v) is 6.91. The van der Waals surface area contributed by atoms with E-state index in [2.05, 4.69) is 16.0 Å². The van der Waals surface area contributed by atoms with Gasteiger partial charge in [0, 0.05) is 6.54 Å². The summed E-state index contributed by atoms with van der Waals surface area (Å²) in [4.78, 5) is 81.2. The Morgan fingerprint density at radius 3 is 1.98 bits per heavy atom. The Labute approximate surface area is 274 Å². The minimum atomic E-state index is -1.10. The molecule has 1 saturated heterocycles. The fraction of sp³-hybridized carbons (Fsp3) is 0.824. The van der Waals surface area contributed by atoms with Crippen LogP contribution in [-0.4, -0.2) is 76.7 Å². The van der Waals surface area contributed by atoms with Crippen LogP contribution >= 0.6 is 0 Å². The summed E-state index contributed by atoms with van der Waals surface area (Å²) in [5, 5.41) is 8.47. The van der Waals surface area contributed by atoms with E-state index in [-0.39, 0.29) is 23.7 Å². The Hall–Kier alpha value is -3.18. The Kier molecular flexibility index (Phi) is 11.6. The first-order chi connectivity index (χ1) is 21.1. The zero-order chi connectivity index (χ0) is 34.8. The predicted molar refractivity (Wildman–Crippen MR) is 173 cm³/mol. The van der Waals surface area contributed by atoms with Crippen molar-refractivity contribution in [3.05, 3.63) is 0 Å². The first-order valence-corrected chi connectivity index (χ1v) is 16.9. The van der Waals surface area contributed by atoms with Gasteiger partial charge in [-0.1, -0.05) is 67.2 Å². The number of carbonyl (C=O) groups excluding carboxylic acids is 6. The highest BCUT2D eigenvalue weighted by atomic mass is 16.6.